The summed E-state index contributed by atoms with van der Waals surface area (Å²) in [6, 6.07) is 10.3. The van der Waals surface area contributed by atoms with Gasteiger partial charge >= 0.3 is 6.18 Å². The fraction of sp³-hybridized carbons (Fsp3) is 0.278. The van der Waals surface area contributed by atoms with E-state index in [0.717, 1.165) is 23.3 Å². The molecule has 2 N–H and O–H groups in total. The molecule has 0 heterocycles. The molecule has 0 aliphatic heterocycles. The molecule has 0 spiro atoms. The van der Waals surface area contributed by atoms with E-state index in [0.29, 0.717) is 5.75 Å². The molecule has 0 aliphatic carbocycles. The van der Waals surface area contributed by atoms with Gasteiger partial charge in [0.05, 0.1) is 4.90 Å². The van der Waals surface area contributed by atoms with E-state index >= 15 is 0 Å². The van der Waals surface area contributed by atoms with Crippen molar-refractivity contribution in [2.24, 2.45) is 0 Å². The van der Waals surface area contributed by atoms with Crippen molar-refractivity contribution in [1.82, 2.24) is 4.72 Å². The van der Waals surface area contributed by atoms with Crippen LogP contribution in [-0.4, -0.2) is 33.7 Å². The number of benzene rings is 2. The topological polar surface area (TPSA) is 84.5 Å². The number of hydrogen-bond donors (Lipinski definition) is 2. The van der Waals surface area contributed by atoms with Gasteiger partial charge in [0.15, 0.2) is 6.61 Å². The highest BCUT2D eigenvalue weighted by molar-refractivity contribution is 7.89. The molecule has 28 heavy (non-hydrogen) atoms. The van der Waals surface area contributed by atoms with Gasteiger partial charge in [-0.2, -0.15) is 13.2 Å². The van der Waals surface area contributed by atoms with Crippen LogP contribution < -0.4 is 14.8 Å². The summed E-state index contributed by atoms with van der Waals surface area (Å²) < 4.78 is 67.1. The Morgan fingerprint density at radius 3 is 2.32 bits per heavy atom. The number of carbonyl (C=O) groups excluding carboxylic acids is 1. The van der Waals surface area contributed by atoms with Gasteiger partial charge in [-0.3, -0.25) is 4.79 Å². The average molecular weight is 416 g/mol. The van der Waals surface area contributed by atoms with Crippen LogP contribution in [0.4, 0.5) is 18.9 Å². The molecule has 0 bridgehead atoms. The summed E-state index contributed by atoms with van der Waals surface area (Å²) in [5, 5.41) is 2.52. The number of amides is 1. The van der Waals surface area contributed by atoms with Crippen LogP contribution in [0.1, 0.15) is 11.1 Å². The molecule has 10 heteroatoms. The lowest BCUT2D eigenvalue weighted by molar-refractivity contribution is -0.121. The minimum Gasteiger partial charge on any atom is -0.483 e. The Bertz CT molecular complexity index is 942. The summed E-state index contributed by atoms with van der Waals surface area (Å²) in [7, 11) is -4.30. The molecule has 0 unspecified atom stereocenters. The number of carbonyl (C=O) groups is 1. The molecule has 0 fully saturated rings. The highest BCUT2D eigenvalue weighted by atomic mass is 32.2. The Kier molecular flexibility index (Phi) is 6.68. The smallest absolute Gasteiger partial charge is 0.402 e. The lowest BCUT2D eigenvalue weighted by atomic mass is 10.1. The molecule has 0 saturated carbocycles. The third-order valence-corrected chi connectivity index (χ3v) is 5.03. The van der Waals surface area contributed by atoms with Crippen LogP contribution in [0.2, 0.25) is 0 Å². The van der Waals surface area contributed by atoms with Gasteiger partial charge in [0.25, 0.3) is 5.91 Å². The van der Waals surface area contributed by atoms with Crippen molar-refractivity contribution in [2.75, 3.05) is 18.5 Å². The third kappa shape index (κ3) is 6.54. The van der Waals surface area contributed by atoms with Crippen molar-refractivity contribution < 1.29 is 31.1 Å². The molecular formula is C18H19F3N2O4S. The van der Waals surface area contributed by atoms with E-state index in [2.05, 4.69) is 5.32 Å². The van der Waals surface area contributed by atoms with E-state index in [9.17, 15) is 26.4 Å². The van der Waals surface area contributed by atoms with Crippen LogP contribution in [0.15, 0.2) is 47.4 Å². The van der Waals surface area contributed by atoms with Crippen LogP contribution in [0, 0.1) is 13.8 Å². The fourth-order valence-corrected chi connectivity index (χ4v) is 3.20. The van der Waals surface area contributed by atoms with Crippen molar-refractivity contribution in [3.05, 3.63) is 53.6 Å². The number of ether oxygens (including phenoxy) is 1. The van der Waals surface area contributed by atoms with Crippen molar-refractivity contribution in [3.63, 3.8) is 0 Å². The Balaban J connectivity index is 1.94. The summed E-state index contributed by atoms with van der Waals surface area (Å²) in [6.07, 6.45) is -4.66. The van der Waals surface area contributed by atoms with Crippen molar-refractivity contribution >= 4 is 21.6 Å². The maximum Gasteiger partial charge on any atom is 0.402 e. The van der Waals surface area contributed by atoms with Gasteiger partial charge in [-0.1, -0.05) is 12.1 Å². The van der Waals surface area contributed by atoms with Crippen LogP contribution in [-0.2, 0) is 14.8 Å². The lowest BCUT2D eigenvalue weighted by Crippen LogP contribution is -2.33. The first kappa shape index (κ1) is 21.7. The van der Waals surface area contributed by atoms with Crippen LogP contribution in [0.3, 0.4) is 0 Å². The molecule has 0 aromatic heterocycles. The van der Waals surface area contributed by atoms with Crippen molar-refractivity contribution in [2.45, 2.75) is 24.9 Å². The molecule has 0 saturated heterocycles. The standard InChI is InChI=1S/C18H19F3N2O4S/c1-12-3-4-13(2)16(9-12)27-10-17(24)23-14-5-7-15(8-6-14)28(25,26)22-11-18(19,20)21/h3-9,22H,10-11H2,1-2H3,(H,23,24). The van der Waals surface area contributed by atoms with Gasteiger partial charge < -0.3 is 10.1 Å². The maximum atomic E-state index is 12.2. The summed E-state index contributed by atoms with van der Waals surface area (Å²) in [5.74, 6) is 0.110. The molecule has 152 valence electrons. The maximum absolute atomic E-state index is 12.2. The zero-order valence-electron chi connectivity index (χ0n) is 15.1. The second-order valence-corrected chi connectivity index (χ2v) is 7.84. The van der Waals surface area contributed by atoms with Gasteiger partial charge in [0, 0.05) is 5.69 Å². The quantitative estimate of drug-likeness (QED) is 0.726. The summed E-state index contributed by atoms with van der Waals surface area (Å²) in [5.41, 5.74) is 2.14. The van der Waals surface area contributed by atoms with E-state index < -0.39 is 28.7 Å². The molecule has 0 radical (unpaired) electrons. The van der Waals surface area contributed by atoms with Crippen molar-refractivity contribution in [3.8, 4) is 5.75 Å². The molecule has 2 rings (SSSR count). The van der Waals surface area contributed by atoms with Gasteiger partial charge in [-0.25, -0.2) is 13.1 Å². The molecule has 0 aliphatic rings. The van der Waals surface area contributed by atoms with Gasteiger partial charge in [-0.05, 0) is 55.3 Å². The summed E-state index contributed by atoms with van der Waals surface area (Å²) in [4.78, 5) is 11.6. The number of nitrogens with one attached hydrogen (secondary N) is 2. The first-order chi connectivity index (χ1) is 13.0. The second kappa shape index (κ2) is 8.61. The van der Waals surface area contributed by atoms with E-state index in [1.807, 2.05) is 26.0 Å². The highest BCUT2D eigenvalue weighted by Crippen LogP contribution is 2.20. The second-order valence-electron chi connectivity index (χ2n) is 6.07. The molecular weight excluding hydrogens is 397 g/mol. The Hall–Kier alpha value is -2.59. The normalized spacial score (nSPS) is 11.9. The number of alkyl halides is 3. The lowest BCUT2D eigenvalue weighted by Gasteiger charge is -2.11. The number of hydrogen-bond acceptors (Lipinski definition) is 4. The van der Waals surface area contributed by atoms with Gasteiger partial charge in [0.1, 0.15) is 12.3 Å². The van der Waals surface area contributed by atoms with Gasteiger partial charge in [-0.15, -0.1) is 0 Å². The fourth-order valence-electron chi connectivity index (χ4n) is 2.18. The number of rotatable bonds is 7. The molecule has 1 amide bonds. The van der Waals surface area contributed by atoms with E-state index in [4.69, 9.17) is 4.74 Å². The molecule has 0 atom stereocenters. The predicted molar refractivity (Wildman–Crippen MR) is 97.7 cm³/mol. The zero-order chi connectivity index (χ0) is 20.9. The largest absolute Gasteiger partial charge is 0.483 e. The Labute approximate surface area is 160 Å². The summed E-state index contributed by atoms with van der Waals surface area (Å²) in [6.45, 7) is 1.82. The first-order valence-electron chi connectivity index (χ1n) is 8.13. The minimum absolute atomic E-state index is 0.252. The van der Waals surface area contributed by atoms with E-state index in [1.165, 1.54) is 16.9 Å². The summed E-state index contributed by atoms with van der Waals surface area (Å²) >= 11 is 0. The number of anilines is 1. The molecule has 6 nitrogen and oxygen atoms in total. The van der Waals surface area contributed by atoms with Crippen LogP contribution >= 0.6 is 0 Å². The minimum atomic E-state index is -4.66. The van der Waals surface area contributed by atoms with Gasteiger partial charge in [0.2, 0.25) is 10.0 Å². The van der Waals surface area contributed by atoms with Crippen molar-refractivity contribution in [1.29, 1.82) is 0 Å². The first-order valence-corrected chi connectivity index (χ1v) is 9.61. The number of sulfonamides is 1. The zero-order valence-corrected chi connectivity index (χ0v) is 15.9. The van der Waals surface area contributed by atoms with E-state index in [1.54, 1.807) is 6.07 Å². The Morgan fingerprint density at radius 1 is 1.07 bits per heavy atom. The average Bonchev–Trinajstić information content (AvgIpc) is 2.61. The van der Waals surface area contributed by atoms with Crippen LogP contribution in [0.5, 0.6) is 5.75 Å². The monoisotopic (exact) mass is 416 g/mol. The highest BCUT2D eigenvalue weighted by Gasteiger charge is 2.30. The number of halogens is 3. The Morgan fingerprint density at radius 2 is 1.71 bits per heavy atom. The molecule has 2 aromatic carbocycles. The molecule has 2 aromatic rings. The van der Waals surface area contributed by atoms with E-state index in [-0.39, 0.29) is 17.2 Å². The van der Waals surface area contributed by atoms with Crippen LogP contribution in [0.25, 0.3) is 0 Å². The predicted octanol–water partition coefficient (Wildman–Crippen LogP) is 3.16. The third-order valence-electron chi connectivity index (χ3n) is 3.61. The number of aryl methyl sites for hydroxylation is 2. The SMILES string of the molecule is Cc1ccc(C)c(OCC(=O)Nc2ccc(S(=O)(=O)NCC(F)(F)F)cc2)c1.